The minimum Gasteiger partial charge on any atom is -0.411 e. The predicted octanol–water partition coefficient (Wildman–Crippen LogP) is 3.64. The van der Waals surface area contributed by atoms with E-state index in [4.69, 9.17) is 4.42 Å². The number of hydrogen-bond donors (Lipinski definition) is 0. The van der Waals surface area contributed by atoms with E-state index in [9.17, 15) is 14.5 Å². The van der Waals surface area contributed by atoms with Gasteiger partial charge in [-0.05, 0) is 29.2 Å². The Morgan fingerprint density at radius 3 is 2.83 bits per heavy atom. The highest BCUT2D eigenvalue weighted by molar-refractivity contribution is 7.99. The van der Waals surface area contributed by atoms with Gasteiger partial charge in [0, 0.05) is 22.7 Å². The fourth-order valence-electron chi connectivity index (χ4n) is 2.03. The molecule has 0 spiro atoms. The van der Waals surface area contributed by atoms with Crippen molar-refractivity contribution in [3.8, 4) is 11.5 Å². The predicted molar refractivity (Wildman–Crippen MR) is 83.5 cm³/mol. The molecule has 0 aliphatic heterocycles. The number of imidazole rings is 1. The molecule has 0 N–H and O–H groups in total. The van der Waals surface area contributed by atoms with Gasteiger partial charge in [0.2, 0.25) is 10.9 Å². The highest BCUT2D eigenvalue weighted by Crippen LogP contribution is 2.36. The zero-order valence-electron chi connectivity index (χ0n) is 11.6. The zero-order valence-corrected chi connectivity index (χ0v) is 13.3. The third-order valence-corrected chi connectivity index (χ3v) is 4.62. The highest BCUT2D eigenvalue weighted by atomic mass is 32.2. The van der Waals surface area contributed by atoms with Gasteiger partial charge in [-0.3, -0.25) is 0 Å². The number of aromatic nitrogens is 4. The van der Waals surface area contributed by atoms with E-state index in [0.29, 0.717) is 10.5 Å². The molecule has 4 aromatic rings. The van der Waals surface area contributed by atoms with E-state index in [1.54, 1.807) is 11.6 Å². The quantitative estimate of drug-likeness (QED) is 0.403. The third kappa shape index (κ3) is 2.53. The van der Waals surface area contributed by atoms with Crippen molar-refractivity contribution < 1.29 is 13.7 Å². The van der Waals surface area contributed by atoms with Crippen molar-refractivity contribution in [2.24, 2.45) is 0 Å². The second-order valence-corrected chi connectivity index (χ2v) is 6.35. The standard InChI is InChI=1S/C13H6FN5O3S2/c14-8-3-1-7(2-4-8)9-16-17-13(22-9)24-10-11(19(20)21)18-5-6-23-12(18)15-10/h1-6H. The molecule has 0 aliphatic rings. The van der Waals surface area contributed by atoms with Crippen molar-refractivity contribution in [3.63, 3.8) is 0 Å². The molecule has 1 aromatic carbocycles. The molecule has 120 valence electrons. The molecule has 4 rings (SSSR count). The minimum absolute atomic E-state index is 0.114. The van der Waals surface area contributed by atoms with Gasteiger partial charge in [-0.1, -0.05) is 11.3 Å². The molecule has 0 amide bonds. The lowest BCUT2D eigenvalue weighted by Crippen LogP contribution is -1.93. The molecule has 0 unspecified atom stereocenters. The van der Waals surface area contributed by atoms with Crippen LogP contribution in [0.1, 0.15) is 0 Å². The topological polar surface area (TPSA) is 99.4 Å². The van der Waals surface area contributed by atoms with Gasteiger partial charge >= 0.3 is 5.82 Å². The first-order chi connectivity index (χ1) is 11.6. The van der Waals surface area contributed by atoms with Crippen LogP contribution in [0.4, 0.5) is 10.2 Å². The van der Waals surface area contributed by atoms with Crippen LogP contribution in [0.25, 0.3) is 16.4 Å². The van der Waals surface area contributed by atoms with E-state index in [-0.39, 0.29) is 27.8 Å². The Morgan fingerprint density at radius 2 is 2.08 bits per heavy atom. The van der Waals surface area contributed by atoms with Crippen molar-refractivity contribution in [1.82, 2.24) is 19.6 Å². The van der Waals surface area contributed by atoms with Crippen LogP contribution in [0.2, 0.25) is 0 Å². The monoisotopic (exact) mass is 363 g/mol. The number of hydrogen-bond acceptors (Lipinski definition) is 8. The number of thiazole rings is 1. The van der Waals surface area contributed by atoms with Gasteiger partial charge < -0.3 is 14.5 Å². The Hall–Kier alpha value is -2.79. The molecule has 0 bridgehead atoms. The molecular formula is C13H6FN5O3S2. The first-order valence-corrected chi connectivity index (χ1v) is 8.18. The molecule has 11 heteroatoms. The molecule has 3 heterocycles. The second kappa shape index (κ2) is 5.69. The average molecular weight is 363 g/mol. The summed E-state index contributed by atoms with van der Waals surface area (Å²) in [6, 6.07) is 5.57. The molecular weight excluding hydrogens is 357 g/mol. The SMILES string of the molecule is O=[N+]([O-])c1c(Sc2nnc(-c3ccc(F)cc3)o2)nc2sccn12. The Morgan fingerprint density at radius 1 is 1.29 bits per heavy atom. The summed E-state index contributed by atoms with van der Waals surface area (Å²) < 4.78 is 19.8. The Bertz CT molecular complexity index is 1040. The van der Waals surface area contributed by atoms with Crippen LogP contribution in [0.3, 0.4) is 0 Å². The molecule has 0 radical (unpaired) electrons. The highest BCUT2D eigenvalue weighted by Gasteiger charge is 2.26. The van der Waals surface area contributed by atoms with Crippen LogP contribution >= 0.6 is 23.1 Å². The first kappa shape index (κ1) is 14.8. The minimum atomic E-state index is -0.508. The van der Waals surface area contributed by atoms with Crippen molar-refractivity contribution in [2.75, 3.05) is 0 Å². The van der Waals surface area contributed by atoms with Crippen molar-refractivity contribution in [1.29, 1.82) is 0 Å². The van der Waals surface area contributed by atoms with Crippen LogP contribution in [0.15, 0.2) is 50.5 Å². The third-order valence-electron chi connectivity index (χ3n) is 3.06. The van der Waals surface area contributed by atoms with Gasteiger partial charge in [0.25, 0.3) is 10.2 Å². The van der Waals surface area contributed by atoms with E-state index in [0.717, 1.165) is 11.8 Å². The average Bonchev–Trinajstić information content (AvgIpc) is 3.23. The van der Waals surface area contributed by atoms with Crippen LogP contribution in [-0.4, -0.2) is 24.5 Å². The lowest BCUT2D eigenvalue weighted by atomic mass is 10.2. The van der Waals surface area contributed by atoms with Gasteiger partial charge in [-0.2, -0.15) is 9.38 Å². The fraction of sp³-hybridized carbons (Fsp3) is 0. The van der Waals surface area contributed by atoms with Gasteiger partial charge in [-0.15, -0.1) is 10.2 Å². The van der Waals surface area contributed by atoms with Gasteiger partial charge in [0.15, 0.2) is 0 Å². The smallest absolute Gasteiger partial charge is 0.363 e. The molecule has 0 saturated heterocycles. The van der Waals surface area contributed by atoms with Crippen LogP contribution < -0.4 is 0 Å². The van der Waals surface area contributed by atoms with Crippen LogP contribution in [0.5, 0.6) is 0 Å². The Labute approximate surface area is 141 Å². The molecule has 0 fully saturated rings. The maximum atomic E-state index is 12.9. The molecule has 0 saturated carbocycles. The van der Waals surface area contributed by atoms with E-state index in [1.165, 1.54) is 40.0 Å². The van der Waals surface area contributed by atoms with Gasteiger partial charge in [-0.25, -0.2) is 4.39 Å². The maximum Gasteiger partial charge on any atom is 0.363 e. The van der Waals surface area contributed by atoms with Gasteiger partial charge in [0.1, 0.15) is 12.0 Å². The fourth-order valence-corrected chi connectivity index (χ4v) is 3.56. The summed E-state index contributed by atoms with van der Waals surface area (Å²) >= 11 is 2.20. The Kier molecular flexibility index (Phi) is 3.50. The normalized spacial score (nSPS) is 11.2. The van der Waals surface area contributed by atoms with E-state index >= 15 is 0 Å². The summed E-state index contributed by atoms with van der Waals surface area (Å²) in [6.45, 7) is 0. The van der Waals surface area contributed by atoms with Crippen LogP contribution in [0, 0.1) is 15.9 Å². The summed E-state index contributed by atoms with van der Waals surface area (Å²) in [5.41, 5.74) is 0.552. The summed E-state index contributed by atoms with van der Waals surface area (Å²) in [7, 11) is 0. The number of fused-ring (bicyclic) bond motifs is 1. The number of benzene rings is 1. The number of rotatable bonds is 4. The summed E-state index contributed by atoms with van der Waals surface area (Å²) in [4.78, 5) is 15.5. The maximum absolute atomic E-state index is 12.9. The van der Waals surface area contributed by atoms with E-state index < -0.39 is 4.92 Å². The second-order valence-electron chi connectivity index (χ2n) is 4.54. The van der Waals surface area contributed by atoms with E-state index in [1.807, 2.05) is 0 Å². The lowest BCUT2D eigenvalue weighted by Gasteiger charge is -1.95. The Balaban J connectivity index is 1.67. The number of nitrogens with zero attached hydrogens (tertiary/aromatic N) is 5. The lowest BCUT2D eigenvalue weighted by molar-refractivity contribution is -0.393. The van der Waals surface area contributed by atoms with Crippen molar-refractivity contribution >= 4 is 33.9 Å². The number of nitro groups is 1. The molecule has 8 nitrogen and oxygen atoms in total. The van der Waals surface area contributed by atoms with E-state index in [2.05, 4.69) is 15.2 Å². The van der Waals surface area contributed by atoms with Crippen LogP contribution in [-0.2, 0) is 0 Å². The summed E-state index contributed by atoms with van der Waals surface area (Å²) in [5, 5.41) is 21.0. The largest absolute Gasteiger partial charge is 0.411 e. The molecule has 3 aromatic heterocycles. The number of halogens is 1. The molecule has 0 atom stereocenters. The molecule has 0 aliphatic carbocycles. The summed E-state index contributed by atoms with van der Waals surface area (Å²) in [5.74, 6) is -0.333. The first-order valence-electron chi connectivity index (χ1n) is 6.49. The van der Waals surface area contributed by atoms with Gasteiger partial charge in [0.05, 0.1) is 0 Å². The summed E-state index contributed by atoms with van der Waals surface area (Å²) in [6.07, 6.45) is 1.58. The zero-order chi connectivity index (χ0) is 16.7. The molecule has 24 heavy (non-hydrogen) atoms. The van der Waals surface area contributed by atoms with Crippen molar-refractivity contribution in [2.45, 2.75) is 10.2 Å². The van der Waals surface area contributed by atoms with Crippen molar-refractivity contribution in [3.05, 3.63) is 51.8 Å².